The molecule has 0 saturated heterocycles. The highest BCUT2D eigenvalue weighted by Gasteiger charge is 2.45. The lowest BCUT2D eigenvalue weighted by Gasteiger charge is -2.27. The van der Waals surface area contributed by atoms with Gasteiger partial charge in [0.15, 0.2) is 6.61 Å². The maximum Gasteiger partial charge on any atom is 0.340 e. The van der Waals surface area contributed by atoms with E-state index in [0.717, 1.165) is 36.3 Å². The second-order valence-electron chi connectivity index (χ2n) is 8.07. The van der Waals surface area contributed by atoms with Crippen LogP contribution >= 0.6 is 23.2 Å². The first-order valence-corrected chi connectivity index (χ1v) is 11.6. The summed E-state index contributed by atoms with van der Waals surface area (Å²) in [4.78, 5) is 25.7. The lowest BCUT2D eigenvalue weighted by atomic mass is 9.79. The summed E-state index contributed by atoms with van der Waals surface area (Å²) in [5, 5.41) is 6.60. The third kappa shape index (κ3) is 4.41. The second-order valence-corrected chi connectivity index (χ2v) is 8.91. The van der Waals surface area contributed by atoms with E-state index in [1.54, 1.807) is 18.6 Å². The van der Waals surface area contributed by atoms with Gasteiger partial charge in [0.2, 0.25) is 0 Å². The van der Waals surface area contributed by atoms with E-state index in [4.69, 9.17) is 36.8 Å². The molecule has 34 heavy (non-hydrogen) atoms. The Morgan fingerprint density at radius 3 is 2.71 bits per heavy atom. The summed E-state index contributed by atoms with van der Waals surface area (Å²) in [6.45, 7) is -0.490. The van der Waals surface area contributed by atoms with Gasteiger partial charge in [-0.25, -0.2) is 9.80 Å². The fourth-order valence-electron chi connectivity index (χ4n) is 4.42. The van der Waals surface area contributed by atoms with Gasteiger partial charge in [-0.15, -0.1) is 0 Å². The van der Waals surface area contributed by atoms with Crippen molar-refractivity contribution in [2.75, 3.05) is 6.61 Å². The van der Waals surface area contributed by atoms with Gasteiger partial charge < -0.3 is 13.6 Å². The van der Waals surface area contributed by atoms with Crippen LogP contribution in [0.2, 0.25) is 10.0 Å². The SMILES string of the molecule is O=C(OCC(=O)N1N=C2C(=Cc3ccco3)CCCC2C1c1ccco1)c1ccc(Cl)cc1Cl. The van der Waals surface area contributed by atoms with Gasteiger partial charge in [0.05, 0.1) is 28.8 Å². The Morgan fingerprint density at radius 1 is 1.15 bits per heavy atom. The molecule has 1 saturated carbocycles. The molecule has 1 amide bonds. The summed E-state index contributed by atoms with van der Waals surface area (Å²) < 4.78 is 16.4. The smallest absolute Gasteiger partial charge is 0.340 e. The number of nitrogens with zero attached hydrogens (tertiary/aromatic N) is 2. The monoisotopic (exact) mass is 498 g/mol. The Labute approximate surface area is 205 Å². The van der Waals surface area contributed by atoms with Crippen molar-refractivity contribution < 1.29 is 23.2 Å². The molecule has 7 nitrogen and oxygen atoms in total. The van der Waals surface area contributed by atoms with Crippen LogP contribution < -0.4 is 0 Å². The highest BCUT2D eigenvalue weighted by atomic mass is 35.5. The number of hydrogen-bond acceptors (Lipinski definition) is 6. The number of hydrogen-bond donors (Lipinski definition) is 0. The molecule has 9 heteroatoms. The molecule has 2 aliphatic rings. The Morgan fingerprint density at radius 2 is 1.97 bits per heavy atom. The van der Waals surface area contributed by atoms with Crippen LogP contribution in [0.1, 0.15) is 47.2 Å². The summed E-state index contributed by atoms with van der Waals surface area (Å²) in [5.41, 5.74) is 1.97. The van der Waals surface area contributed by atoms with Gasteiger partial charge in [0.1, 0.15) is 17.6 Å². The zero-order valence-electron chi connectivity index (χ0n) is 17.9. The Balaban J connectivity index is 1.39. The molecule has 3 aromatic rings. The lowest BCUT2D eigenvalue weighted by molar-refractivity contribution is -0.137. The molecule has 2 atom stereocenters. The number of ether oxygens (including phenoxy) is 1. The van der Waals surface area contributed by atoms with E-state index in [9.17, 15) is 9.59 Å². The van der Waals surface area contributed by atoms with E-state index in [-0.39, 0.29) is 16.5 Å². The zero-order chi connectivity index (χ0) is 23.7. The van der Waals surface area contributed by atoms with Crippen molar-refractivity contribution in [2.24, 2.45) is 11.0 Å². The third-order valence-corrected chi connectivity index (χ3v) is 6.48. The average Bonchev–Trinajstić information content (AvgIpc) is 3.58. The molecule has 174 valence electrons. The molecule has 2 aromatic heterocycles. The van der Waals surface area contributed by atoms with Crippen molar-refractivity contribution in [2.45, 2.75) is 25.3 Å². The fraction of sp³-hybridized carbons (Fsp3) is 0.240. The molecular weight excluding hydrogens is 479 g/mol. The van der Waals surface area contributed by atoms with Crippen LogP contribution in [0.25, 0.3) is 6.08 Å². The van der Waals surface area contributed by atoms with Gasteiger partial charge in [-0.3, -0.25) is 4.79 Å². The first-order valence-electron chi connectivity index (χ1n) is 10.8. The molecule has 3 heterocycles. The summed E-state index contributed by atoms with van der Waals surface area (Å²) in [6.07, 6.45) is 7.77. The lowest BCUT2D eigenvalue weighted by Crippen LogP contribution is -2.34. The van der Waals surface area contributed by atoms with Crippen molar-refractivity contribution in [1.29, 1.82) is 0 Å². The van der Waals surface area contributed by atoms with Crippen LogP contribution in [-0.4, -0.2) is 29.2 Å². The number of carbonyl (C=O) groups excluding carboxylic acids is 2. The predicted molar refractivity (Wildman–Crippen MR) is 127 cm³/mol. The minimum Gasteiger partial charge on any atom is -0.467 e. The number of fused-ring (bicyclic) bond motifs is 1. The summed E-state index contributed by atoms with van der Waals surface area (Å²) in [5.74, 6) is 0.146. The average molecular weight is 499 g/mol. The Bertz CT molecular complexity index is 1260. The van der Waals surface area contributed by atoms with Crippen molar-refractivity contribution in [3.8, 4) is 0 Å². The van der Waals surface area contributed by atoms with Crippen molar-refractivity contribution in [1.82, 2.24) is 5.01 Å². The van der Waals surface area contributed by atoms with E-state index in [1.165, 1.54) is 23.2 Å². The number of rotatable bonds is 5. The first-order chi connectivity index (χ1) is 16.5. The summed E-state index contributed by atoms with van der Waals surface area (Å²) >= 11 is 12.0. The fourth-order valence-corrected chi connectivity index (χ4v) is 4.90. The van der Waals surface area contributed by atoms with Crippen LogP contribution in [0, 0.1) is 5.92 Å². The van der Waals surface area contributed by atoms with Crippen molar-refractivity contribution >= 4 is 46.9 Å². The van der Waals surface area contributed by atoms with Gasteiger partial charge in [-0.2, -0.15) is 5.10 Å². The Kier molecular flexibility index (Phi) is 6.30. The molecule has 1 aromatic carbocycles. The molecule has 2 unspecified atom stereocenters. The first kappa shape index (κ1) is 22.5. The van der Waals surface area contributed by atoms with E-state index >= 15 is 0 Å². The maximum absolute atomic E-state index is 13.2. The zero-order valence-corrected chi connectivity index (χ0v) is 19.5. The molecule has 1 aliphatic heterocycles. The highest BCUT2D eigenvalue weighted by Crippen LogP contribution is 2.44. The number of esters is 1. The molecule has 1 fully saturated rings. The van der Waals surface area contributed by atoms with Gasteiger partial charge >= 0.3 is 5.97 Å². The number of amides is 1. The molecule has 0 spiro atoms. The third-order valence-electron chi connectivity index (χ3n) is 5.93. The van der Waals surface area contributed by atoms with Crippen LogP contribution in [0.4, 0.5) is 0 Å². The number of benzene rings is 1. The molecule has 1 aliphatic carbocycles. The minimum atomic E-state index is -0.716. The summed E-state index contributed by atoms with van der Waals surface area (Å²) in [6, 6.07) is 11.3. The number of furan rings is 2. The van der Waals surface area contributed by atoms with Crippen molar-refractivity contribution in [3.05, 3.63) is 87.7 Å². The number of carbonyl (C=O) groups is 2. The molecule has 0 radical (unpaired) electrons. The van der Waals surface area contributed by atoms with E-state index in [1.807, 2.05) is 24.3 Å². The van der Waals surface area contributed by atoms with E-state index in [2.05, 4.69) is 5.10 Å². The minimum absolute atomic E-state index is 0.0357. The standard InChI is InChI=1S/C25H20Cl2N2O5/c26-16-8-9-18(20(27)13-16)25(31)34-14-22(30)29-24(21-7-3-11-33-21)19-6-1-4-15(23(19)28-29)12-17-5-2-10-32-17/h2-3,5,7-13,19,24H,1,4,6,14H2. The van der Waals surface area contributed by atoms with Gasteiger partial charge in [-0.1, -0.05) is 23.2 Å². The van der Waals surface area contributed by atoms with Gasteiger partial charge in [0.25, 0.3) is 5.91 Å². The van der Waals surface area contributed by atoms with Crippen molar-refractivity contribution in [3.63, 3.8) is 0 Å². The van der Waals surface area contributed by atoms with E-state index < -0.39 is 24.5 Å². The number of allylic oxidation sites excluding steroid dienone is 1. The highest BCUT2D eigenvalue weighted by molar-refractivity contribution is 6.36. The maximum atomic E-state index is 13.2. The normalized spacial score (nSPS) is 20.8. The predicted octanol–water partition coefficient (Wildman–Crippen LogP) is 6.16. The second kappa shape index (κ2) is 9.52. The Hall–Kier alpha value is -3.29. The van der Waals surface area contributed by atoms with Crippen LogP contribution in [0.5, 0.6) is 0 Å². The van der Waals surface area contributed by atoms with Gasteiger partial charge in [0, 0.05) is 10.9 Å². The topological polar surface area (TPSA) is 85.3 Å². The number of halogens is 2. The number of hydrazone groups is 1. The van der Waals surface area contributed by atoms with Gasteiger partial charge in [-0.05, 0) is 73.4 Å². The molecule has 0 bridgehead atoms. The van der Waals surface area contributed by atoms with Crippen LogP contribution in [0.15, 0.2) is 74.5 Å². The van der Waals surface area contributed by atoms with Crippen LogP contribution in [-0.2, 0) is 9.53 Å². The van der Waals surface area contributed by atoms with Crippen LogP contribution in [0.3, 0.4) is 0 Å². The van der Waals surface area contributed by atoms with E-state index in [0.29, 0.717) is 10.8 Å². The molecule has 5 rings (SSSR count). The summed E-state index contributed by atoms with van der Waals surface area (Å²) in [7, 11) is 0. The molecule has 0 N–H and O–H groups in total. The molecular formula is C25H20Cl2N2O5. The quantitative estimate of drug-likeness (QED) is 0.393. The largest absolute Gasteiger partial charge is 0.467 e.